The van der Waals surface area contributed by atoms with Gasteiger partial charge in [0.2, 0.25) is 5.95 Å². The van der Waals surface area contributed by atoms with Crippen molar-refractivity contribution in [2.24, 2.45) is 0 Å². The van der Waals surface area contributed by atoms with Gasteiger partial charge in [0.15, 0.2) is 0 Å². The van der Waals surface area contributed by atoms with Crippen LogP contribution in [-0.2, 0) is 14.9 Å². The van der Waals surface area contributed by atoms with Crippen molar-refractivity contribution in [2.75, 3.05) is 18.2 Å². The van der Waals surface area contributed by atoms with Gasteiger partial charge >= 0.3 is 16.1 Å². The fourth-order valence-electron chi connectivity index (χ4n) is 1.66. The summed E-state index contributed by atoms with van der Waals surface area (Å²) in [5.41, 5.74) is 0.650. The lowest BCUT2D eigenvalue weighted by atomic mass is 10.3. The molecule has 1 aromatic heterocycles. The van der Waals surface area contributed by atoms with E-state index in [1.165, 1.54) is 18.3 Å². The molecule has 24 heavy (non-hydrogen) atoms. The second kappa shape index (κ2) is 7.45. The predicted octanol–water partition coefficient (Wildman–Crippen LogP) is 2.39. The Morgan fingerprint density at radius 3 is 2.50 bits per heavy atom. The number of carbonyl (C=O) groups excluding carboxylic acids is 1. The van der Waals surface area contributed by atoms with Gasteiger partial charge in [-0.05, 0) is 31.2 Å². The number of halogens is 1. The van der Waals surface area contributed by atoms with E-state index in [0.29, 0.717) is 5.69 Å². The van der Waals surface area contributed by atoms with E-state index >= 15 is 0 Å². The minimum Gasteiger partial charge on any atom is -0.462 e. The standard InChI is InChI=1S/C14H14ClN3O5S/c1-3-22-13(19)11-8-16-14(18-12(11)15)17-9-4-6-10(7-5-9)23-24(2,20)21/h4-8H,3H2,1-2H3,(H,16,17,18). The zero-order valence-corrected chi connectivity index (χ0v) is 14.4. The van der Waals surface area contributed by atoms with Crippen LogP contribution in [0.1, 0.15) is 17.3 Å². The molecule has 8 nitrogen and oxygen atoms in total. The van der Waals surface area contributed by atoms with Crippen LogP contribution in [0.4, 0.5) is 11.6 Å². The smallest absolute Gasteiger partial charge is 0.342 e. The van der Waals surface area contributed by atoms with Gasteiger partial charge < -0.3 is 14.2 Å². The van der Waals surface area contributed by atoms with E-state index in [1.54, 1.807) is 19.1 Å². The van der Waals surface area contributed by atoms with Crippen molar-refractivity contribution in [1.29, 1.82) is 0 Å². The summed E-state index contributed by atoms with van der Waals surface area (Å²) < 4.78 is 31.6. The van der Waals surface area contributed by atoms with Crippen molar-refractivity contribution < 1.29 is 22.1 Å². The van der Waals surface area contributed by atoms with Crippen LogP contribution in [0.3, 0.4) is 0 Å². The van der Waals surface area contributed by atoms with E-state index in [9.17, 15) is 13.2 Å². The Morgan fingerprint density at radius 2 is 1.96 bits per heavy atom. The maximum Gasteiger partial charge on any atom is 0.342 e. The van der Waals surface area contributed by atoms with Crippen LogP contribution in [0.25, 0.3) is 0 Å². The number of hydrogen-bond acceptors (Lipinski definition) is 8. The summed E-state index contributed by atoms with van der Waals surface area (Å²) in [4.78, 5) is 19.6. The van der Waals surface area contributed by atoms with Gasteiger partial charge in [-0.1, -0.05) is 11.6 Å². The first-order chi connectivity index (χ1) is 11.3. The summed E-state index contributed by atoms with van der Waals surface area (Å²) in [5.74, 6) is -0.249. The number of hydrogen-bond donors (Lipinski definition) is 1. The molecular weight excluding hydrogens is 358 g/mol. The fourth-order valence-corrected chi connectivity index (χ4v) is 2.33. The third-order valence-electron chi connectivity index (χ3n) is 2.60. The molecule has 0 aliphatic rings. The number of rotatable bonds is 6. The first kappa shape index (κ1) is 18.0. The van der Waals surface area contributed by atoms with Crippen LogP contribution in [-0.4, -0.2) is 37.2 Å². The molecule has 0 aliphatic heterocycles. The summed E-state index contributed by atoms with van der Waals surface area (Å²) in [5, 5.41) is 2.83. The zero-order valence-electron chi connectivity index (χ0n) is 12.8. The van der Waals surface area contributed by atoms with Crippen LogP contribution in [0.15, 0.2) is 30.5 Å². The third-order valence-corrected chi connectivity index (χ3v) is 3.38. The summed E-state index contributed by atoms with van der Waals surface area (Å²) >= 11 is 5.95. The SMILES string of the molecule is CCOC(=O)c1cnc(Nc2ccc(OS(C)(=O)=O)cc2)nc1Cl. The molecule has 0 fully saturated rings. The highest BCUT2D eigenvalue weighted by Gasteiger charge is 2.14. The Bertz CT molecular complexity index is 840. The molecule has 2 aromatic rings. The lowest BCUT2D eigenvalue weighted by Gasteiger charge is -2.08. The molecule has 10 heteroatoms. The molecule has 0 saturated carbocycles. The van der Waals surface area contributed by atoms with Crippen LogP contribution >= 0.6 is 11.6 Å². The fraction of sp³-hybridized carbons (Fsp3) is 0.214. The van der Waals surface area contributed by atoms with Crippen molar-refractivity contribution >= 4 is 39.3 Å². The van der Waals surface area contributed by atoms with E-state index in [2.05, 4.69) is 15.3 Å². The van der Waals surface area contributed by atoms with Gasteiger partial charge in [-0.25, -0.2) is 9.78 Å². The summed E-state index contributed by atoms with van der Waals surface area (Å²) in [6, 6.07) is 6.10. The molecule has 1 aromatic carbocycles. The van der Waals surface area contributed by atoms with Crippen LogP contribution in [0.2, 0.25) is 5.15 Å². The highest BCUT2D eigenvalue weighted by Crippen LogP contribution is 2.21. The second-order valence-electron chi connectivity index (χ2n) is 4.56. The second-order valence-corrected chi connectivity index (χ2v) is 6.49. The first-order valence-corrected chi connectivity index (χ1v) is 8.94. The van der Waals surface area contributed by atoms with Crippen molar-refractivity contribution in [1.82, 2.24) is 9.97 Å². The summed E-state index contributed by atoms with van der Waals surface area (Å²) in [7, 11) is -3.58. The first-order valence-electron chi connectivity index (χ1n) is 6.74. The third kappa shape index (κ3) is 5.07. The predicted molar refractivity (Wildman–Crippen MR) is 88.2 cm³/mol. The van der Waals surface area contributed by atoms with E-state index in [1.807, 2.05) is 0 Å². The minimum absolute atomic E-state index is 0.0389. The lowest BCUT2D eigenvalue weighted by molar-refractivity contribution is 0.0525. The molecule has 0 radical (unpaired) electrons. The highest BCUT2D eigenvalue weighted by molar-refractivity contribution is 7.86. The summed E-state index contributed by atoms with van der Waals surface area (Å²) in [6.07, 6.45) is 2.22. The molecule has 1 heterocycles. The lowest BCUT2D eigenvalue weighted by Crippen LogP contribution is -2.08. The zero-order chi connectivity index (χ0) is 17.7. The van der Waals surface area contributed by atoms with E-state index < -0.39 is 16.1 Å². The van der Waals surface area contributed by atoms with E-state index in [-0.39, 0.29) is 29.0 Å². The Kier molecular flexibility index (Phi) is 5.58. The Morgan fingerprint density at radius 1 is 1.29 bits per heavy atom. The molecular formula is C14H14ClN3O5S. The molecule has 1 N–H and O–H groups in total. The topological polar surface area (TPSA) is 107 Å². The van der Waals surface area contributed by atoms with Crippen LogP contribution < -0.4 is 9.50 Å². The minimum atomic E-state index is -3.58. The maximum atomic E-state index is 11.6. The van der Waals surface area contributed by atoms with Gasteiger partial charge in [-0.15, -0.1) is 0 Å². The number of benzene rings is 1. The Labute approximate surface area is 143 Å². The number of ether oxygens (including phenoxy) is 1. The summed E-state index contributed by atoms with van der Waals surface area (Å²) in [6.45, 7) is 1.90. The van der Waals surface area contributed by atoms with Gasteiger partial charge in [0.25, 0.3) is 0 Å². The number of nitrogens with zero attached hydrogens (tertiary/aromatic N) is 2. The van der Waals surface area contributed by atoms with Crippen molar-refractivity contribution in [3.63, 3.8) is 0 Å². The molecule has 0 bridgehead atoms. The highest BCUT2D eigenvalue weighted by atomic mass is 35.5. The molecule has 0 spiro atoms. The number of aromatic nitrogens is 2. The number of anilines is 2. The van der Waals surface area contributed by atoms with E-state index in [0.717, 1.165) is 6.26 Å². The van der Waals surface area contributed by atoms with Gasteiger partial charge in [0.05, 0.1) is 12.9 Å². The van der Waals surface area contributed by atoms with Crippen molar-refractivity contribution in [2.45, 2.75) is 6.92 Å². The number of esters is 1. The van der Waals surface area contributed by atoms with Crippen LogP contribution in [0, 0.1) is 0 Å². The molecule has 0 amide bonds. The van der Waals surface area contributed by atoms with Crippen LogP contribution in [0.5, 0.6) is 5.75 Å². The van der Waals surface area contributed by atoms with Gasteiger partial charge in [0, 0.05) is 11.9 Å². The molecule has 0 aliphatic carbocycles. The Hall–Kier alpha value is -2.39. The Balaban J connectivity index is 2.11. The average molecular weight is 372 g/mol. The van der Waals surface area contributed by atoms with Gasteiger partial charge in [-0.2, -0.15) is 13.4 Å². The van der Waals surface area contributed by atoms with Crippen molar-refractivity contribution in [3.8, 4) is 5.75 Å². The normalized spacial score (nSPS) is 11.0. The number of carbonyl (C=O) groups is 1. The quantitative estimate of drug-likeness (QED) is 0.468. The van der Waals surface area contributed by atoms with E-state index in [4.69, 9.17) is 20.5 Å². The molecule has 128 valence electrons. The molecule has 0 saturated heterocycles. The largest absolute Gasteiger partial charge is 0.462 e. The van der Waals surface area contributed by atoms with Gasteiger partial charge in [0.1, 0.15) is 16.5 Å². The monoisotopic (exact) mass is 371 g/mol. The number of nitrogens with one attached hydrogen (secondary N) is 1. The molecule has 0 atom stereocenters. The van der Waals surface area contributed by atoms with Crippen molar-refractivity contribution in [3.05, 3.63) is 41.2 Å². The average Bonchev–Trinajstić information content (AvgIpc) is 2.48. The maximum absolute atomic E-state index is 11.6. The molecule has 0 unspecified atom stereocenters. The molecule has 2 rings (SSSR count). The van der Waals surface area contributed by atoms with Gasteiger partial charge in [-0.3, -0.25) is 0 Å².